The number of nitrogens with one attached hydrogen (secondary N) is 1. The predicted molar refractivity (Wildman–Crippen MR) is 99.9 cm³/mol. The van der Waals surface area contributed by atoms with E-state index in [9.17, 15) is 14.4 Å². The summed E-state index contributed by atoms with van der Waals surface area (Å²) >= 11 is 1.35. The fourth-order valence-corrected chi connectivity index (χ4v) is 3.97. The van der Waals surface area contributed by atoms with Crippen LogP contribution in [0.25, 0.3) is 0 Å². The van der Waals surface area contributed by atoms with Crippen molar-refractivity contribution < 1.29 is 19.1 Å². The van der Waals surface area contributed by atoms with Crippen molar-refractivity contribution in [3.8, 4) is 0 Å². The summed E-state index contributed by atoms with van der Waals surface area (Å²) < 4.78 is 5.15. The van der Waals surface area contributed by atoms with Crippen LogP contribution in [0, 0.1) is 5.92 Å². The Hall–Kier alpha value is -2.02. The van der Waals surface area contributed by atoms with Gasteiger partial charge in [0, 0.05) is 18.0 Å². The lowest BCUT2D eigenvalue weighted by molar-refractivity contribution is -0.152. The van der Waals surface area contributed by atoms with Gasteiger partial charge in [0.15, 0.2) is 6.61 Å². The van der Waals surface area contributed by atoms with Crippen molar-refractivity contribution in [1.29, 1.82) is 0 Å². The van der Waals surface area contributed by atoms with Crippen molar-refractivity contribution in [2.45, 2.75) is 42.8 Å². The van der Waals surface area contributed by atoms with E-state index in [1.54, 1.807) is 4.90 Å². The molecule has 26 heavy (non-hydrogen) atoms. The van der Waals surface area contributed by atoms with E-state index >= 15 is 0 Å². The number of carbonyl (C=O) groups is 3. The molecule has 0 radical (unpaired) electrons. The standard InChI is InChI=1S/C19H24N2O4S/c1-2-9-21(11-13-7-8-13)17(22)12-25-18(23)10-16-19(24)20-14-5-3-4-6-15(14)26-16/h3-6,13,16H,2,7-12H2,1H3,(H,20,24). The highest BCUT2D eigenvalue weighted by Crippen LogP contribution is 2.36. The number of esters is 1. The molecule has 1 heterocycles. The fraction of sp³-hybridized carbons (Fsp3) is 0.526. The molecule has 0 saturated heterocycles. The zero-order chi connectivity index (χ0) is 18.5. The summed E-state index contributed by atoms with van der Waals surface area (Å²) in [6.07, 6.45) is 3.17. The normalized spacial score (nSPS) is 18.7. The number of ether oxygens (including phenoxy) is 1. The molecule has 1 aromatic carbocycles. The van der Waals surface area contributed by atoms with Crippen LogP contribution < -0.4 is 5.32 Å². The second-order valence-corrected chi connectivity index (χ2v) is 7.98. The molecule has 1 fully saturated rings. The van der Waals surface area contributed by atoms with E-state index < -0.39 is 11.2 Å². The maximum atomic E-state index is 12.3. The first-order chi connectivity index (χ1) is 12.6. The summed E-state index contributed by atoms with van der Waals surface area (Å²) in [4.78, 5) is 39.2. The molecule has 2 aliphatic rings. The molecule has 0 spiro atoms. The molecule has 7 heteroatoms. The quantitative estimate of drug-likeness (QED) is 0.706. The molecule has 1 atom stereocenters. The van der Waals surface area contributed by atoms with Gasteiger partial charge in [0.2, 0.25) is 5.91 Å². The second-order valence-electron chi connectivity index (χ2n) is 6.74. The van der Waals surface area contributed by atoms with Crippen molar-refractivity contribution in [1.82, 2.24) is 4.90 Å². The molecule has 1 saturated carbocycles. The van der Waals surface area contributed by atoms with Gasteiger partial charge in [-0.1, -0.05) is 19.1 Å². The third-order valence-corrected chi connectivity index (χ3v) is 5.71. The summed E-state index contributed by atoms with van der Waals surface area (Å²) in [6, 6.07) is 7.47. The molecule has 6 nitrogen and oxygen atoms in total. The smallest absolute Gasteiger partial charge is 0.307 e. The Balaban J connectivity index is 1.47. The van der Waals surface area contributed by atoms with E-state index in [0.29, 0.717) is 12.5 Å². The number of carbonyl (C=O) groups excluding carboxylic acids is 3. The minimum absolute atomic E-state index is 0.0471. The largest absolute Gasteiger partial charge is 0.456 e. The molecular formula is C19H24N2O4S. The molecular weight excluding hydrogens is 352 g/mol. The Bertz CT molecular complexity index is 690. The second kappa shape index (κ2) is 8.58. The fourth-order valence-electron chi connectivity index (χ4n) is 2.87. The van der Waals surface area contributed by atoms with Gasteiger partial charge in [-0.25, -0.2) is 0 Å². The molecule has 0 aromatic heterocycles. The average Bonchev–Trinajstić information content (AvgIpc) is 3.44. The number of para-hydroxylation sites is 1. The van der Waals surface area contributed by atoms with E-state index in [2.05, 4.69) is 5.32 Å². The van der Waals surface area contributed by atoms with Crippen molar-refractivity contribution in [3.05, 3.63) is 24.3 Å². The molecule has 140 valence electrons. The zero-order valence-corrected chi connectivity index (χ0v) is 15.7. The van der Waals surface area contributed by atoms with Crippen LogP contribution in [0.2, 0.25) is 0 Å². The molecule has 1 aliphatic heterocycles. The van der Waals surface area contributed by atoms with Crippen molar-refractivity contribution in [2.75, 3.05) is 25.0 Å². The van der Waals surface area contributed by atoms with Crippen LogP contribution in [-0.2, 0) is 19.1 Å². The first-order valence-corrected chi connectivity index (χ1v) is 9.94. The number of nitrogens with zero attached hydrogens (tertiary/aromatic N) is 1. The van der Waals surface area contributed by atoms with Gasteiger partial charge < -0.3 is 15.0 Å². The van der Waals surface area contributed by atoms with E-state index in [1.165, 1.54) is 24.6 Å². The average molecular weight is 376 g/mol. The maximum absolute atomic E-state index is 12.3. The van der Waals surface area contributed by atoms with E-state index in [1.807, 2.05) is 31.2 Å². The minimum atomic E-state index is -0.536. The van der Waals surface area contributed by atoms with Crippen molar-refractivity contribution >= 4 is 35.2 Å². The van der Waals surface area contributed by atoms with Crippen LogP contribution in [0.3, 0.4) is 0 Å². The van der Waals surface area contributed by atoms with Crippen LogP contribution >= 0.6 is 11.8 Å². The lowest BCUT2D eigenvalue weighted by Crippen LogP contribution is -2.37. The van der Waals surface area contributed by atoms with Gasteiger partial charge >= 0.3 is 5.97 Å². The SMILES string of the molecule is CCCN(CC1CC1)C(=O)COC(=O)CC1Sc2ccccc2NC1=O. The molecule has 2 amide bonds. The first-order valence-electron chi connectivity index (χ1n) is 9.06. The summed E-state index contributed by atoms with van der Waals surface area (Å²) in [7, 11) is 0. The monoisotopic (exact) mass is 376 g/mol. The van der Waals surface area contributed by atoms with Crippen molar-refractivity contribution in [3.63, 3.8) is 0 Å². The number of thioether (sulfide) groups is 1. The van der Waals surface area contributed by atoms with E-state index in [0.717, 1.165) is 23.5 Å². The minimum Gasteiger partial charge on any atom is -0.456 e. The highest BCUT2D eigenvalue weighted by atomic mass is 32.2. The van der Waals surface area contributed by atoms with Gasteiger partial charge in [-0.05, 0) is 37.3 Å². The number of rotatable bonds is 8. The van der Waals surface area contributed by atoms with Crippen LogP contribution in [-0.4, -0.2) is 47.6 Å². The Labute approximate surface area is 157 Å². The van der Waals surface area contributed by atoms with Crippen LogP contribution in [0.15, 0.2) is 29.2 Å². The van der Waals surface area contributed by atoms with Gasteiger partial charge in [0.25, 0.3) is 5.91 Å². The zero-order valence-electron chi connectivity index (χ0n) is 14.9. The topological polar surface area (TPSA) is 75.7 Å². The maximum Gasteiger partial charge on any atom is 0.307 e. The van der Waals surface area contributed by atoms with Gasteiger partial charge in [-0.2, -0.15) is 0 Å². The first kappa shape index (κ1) is 18.8. The predicted octanol–water partition coefficient (Wildman–Crippen LogP) is 2.68. The van der Waals surface area contributed by atoms with Gasteiger partial charge in [-0.15, -0.1) is 11.8 Å². The van der Waals surface area contributed by atoms with Gasteiger partial charge in [0.1, 0.15) is 0 Å². The van der Waals surface area contributed by atoms with E-state index in [4.69, 9.17) is 4.74 Å². The Morgan fingerprint density at radius 1 is 1.31 bits per heavy atom. The highest BCUT2D eigenvalue weighted by Gasteiger charge is 2.30. The molecule has 3 rings (SSSR count). The summed E-state index contributed by atoms with van der Waals surface area (Å²) in [6.45, 7) is 3.21. The Kier molecular flexibility index (Phi) is 6.19. The number of amides is 2. The summed E-state index contributed by atoms with van der Waals surface area (Å²) in [5, 5.41) is 2.26. The number of hydrogen-bond donors (Lipinski definition) is 1. The van der Waals surface area contributed by atoms with Crippen LogP contribution in [0.4, 0.5) is 5.69 Å². The van der Waals surface area contributed by atoms with Gasteiger partial charge in [-0.3, -0.25) is 14.4 Å². The molecule has 1 aromatic rings. The van der Waals surface area contributed by atoms with Gasteiger partial charge in [0.05, 0.1) is 17.4 Å². The third-order valence-electron chi connectivity index (χ3n) is 4.44. The lowest BCUT2D eigenvalue weighted by atomic mass is 10.2. The Morgan fingerprint density at radius 2 is 2.08 bits per heavy atom. The molecule has 1 unspecified atom stereocenters. The Morgan fingerprint density at radius 3 is 2.81 bits per heavy atom. The third kappa shape index (κ3) is 5.00. The summed E-state index contributed by atoms with van der Waals surface area (Å²) in [5.41, 5.74) is 0.762. The van der Waals surface area contributed by atoms with E-state index in [-0.39, 0.29) is 24.8 Å². The number of benzene rings is 1. The van der Waals surface area contributed by atoms with Crippen molar-refractivity contribution in [2.24, 2.45) is 5.92 Å². The molecule has 1 aliphatic carbocycles. The number of fused-ring (bicyclic) bond motifs is 1. The molecule has 0 bridgehead atoms. The lowest BCUT2D eigenvalue weighted by Gasteiger charge is -2.24. The van der Waals surface area contributed by atoms with Crippen LogP contribution in [0.1, 0.15) is 32.6 Å². The highest BCUT2D eigenvalue weighted by molar-refractivity contribution is 8.01. The summed E-state index contributed by atoms with van der Waals surface area (Å²) in [5.74, 6) is -0.284. The number of anilines is 1. The molecule has 1 N–H and O–H groups in total. The number of hydrogen-bond acceptors (Lipinski definition) is 5. The van der Waals surface area contributed by atoms with Crippen LogP contribution in [0.5, 0.6) is 0 Å².